The zero-order chi connectivity index (χ0) is 11.4. The Balaban J connectivity index is 2.85. The molecule has 0 bridgehead atoms. The Kier molecular flexibility index (Phi) is 4.54. The van der Waals surface area contributed by atoms with Crippen LogP contribution >= 0.6 is 11.6 Å². The van der Waals surface area contributed by atoms with Crippen LogP contribution in [0.5, 0.6) is 0 Å². The smallest absolute Gasteiger partial charge is 0.225 e. The first-order valence-corrected chi connectivity index (χ1v) is 5.55. The molecule has 1 heterocycles. The van der Waals surface area contributed by atoms with Gasteiger partial charge in [0.1, 0.15) is 5.82 Å². The second-order valence-corrected chi connectivity index (χ2v) is 4.32. The first-order valence-electron chi connectivity index (χ1n) is 5.17. The van der Waals surface area contributed by atoms with Gasteiger partial charge in [-0.2, -0.15) is 0 Å². The van der Waals surface area contributed by atoms with Gasteiger partial charge in [-0.05, 0) is 24.9 Å². The van der Waals surface area contributed by atoms with Crippen LogP contribution in [-0.4, -0.2) is 28.5 Å². The van der Waals surface area contributed by atoms with Gasteiger partial charge in [-0.3, -0.25) is 4.57 Å². The Morgan fingerprint density at radius 2 is 2.00 bits per heavy atom. The molecule has 5 heteroatoms. The lowest BCUT2D eigenvalue weighted by atomic mass is 10.2. The minimum absolute atomic E-state index is 0.268. The molecule has 0 aliphatic heterocycles. The lowest BCUT2D eigenvalue weighted by Crippen LogP contribution is -2.12. The van der Waals surface area contributed by atoms with Crippen molar-refractivity contribution in [2.75, 3.05) is 13.7 Å². The predicted octanol–water partition coefficient (Wildman–Crippen LogP) is 2.65. The van der Waals surface area contributed by atoms with Gasteiger partial charge in [0, 0.05) is 25.7 Å². The molecule has 0 radical (unpaired) electrons. The quantitative estimate of drug-likeness (QED) is 0.782. The van der Waals surface area contributed by atoms with Crippen LogP contribution in [0, 0.1) is 0 Å². The molecule has 1 aromatic heterocycles. The second-order valence-electron chi connectivity index (χ2n) is 3.98. The van der Waals surface area contributed by atoms with Gasteiger partial charge in [-0.25, -0.2) is 0 Å². The highest BCUT2D eigenvalue weighted by Gasteiger charge is 2.17. The summed E-state index contributed by atoms with van der Waals surface area (Å²) in [4.78, 5) is 0. The van der Waals surface area contributed by atoms with Crippen LogP contribution in [0.25, 0.3) is 0 Å². The highest BCUT2D eigenvalue weighted by molar-refractivity contribution is 6.28. The third-order valence-electron chi connectivity index (χ3n) is 2.38. The van der Waals surface area contributed by atoms with E-state index >= 15 is 0 Å². The summed E-state index contributed by atoms with van der Waals surface area (Å²) in [7, 11) is 1.70. The monoisotopic (exact) mass is 231 g/mol. The van der Waals surface area contributed by atoms with Gasteiger partial charge in [0.2, 0.25) is 5.28 Å². The van der Waals surface area contributed by atoms with Crippen molar-refractivity contribution in [2.24, 2.45) is 0 Å². The molecule has 1 aromatic rings. The number of aromatic nitrogens is 3. The van der Waals surface area contributed by atoms with E-state index in [0.29, 0.717) is 17.8 Å². The fourth-order valence-electron chi connectivity index (χ4n) is 1.50. The van der Waals surface area contributed by atoms with E-state index in [9.17, 15) is 0 Å². The second kappa shape index (κ2) is 5.47. The molecular weight excluding hydrogens is 214 g/mol. The lowest BCUT2D eigenvalue weighted by molar-refractivity contribution is 0.180. The molecule has 0 spiro atoms. The summed E-state index contributed by atoms with van der Waals surface area (Å²) in [6.45, 7) is 6.98. The number of halogens is 1. The number of hydrogen-bond donors (Lipinski definition) is 0. The molecule has 1 atom stereocenters. The van der Waals surface area contributed by atoms with Crippen molar-refractivity contribution < 1.29 is 4.74 Å². The molecule has 0 saturated heterocycles. The Labute approximate surface area is 95.6 Å². The maximum atomic E-state index is 6.01. The van der Waals surface area contributed by atoms with Gasteiger partial charge < -0.3 is 4.74 Å². The Bertz CT molecular complexity index is 312. The van der Waals surface area contributed by atoms with Crippen molar-refractivity contribution in [2.45, 2.75) is 39.2 Å². The van der Waals surface area contributed by atoms with E-state index in [4.69, 9.17) is 16.3 Å². The van der Waals surface area contributed by atoms with E-state index in [1.165, 1.54) is 0 Å². The van der Waals surface area contributed by atoms with Crippen LogP contribution in [0.3, 0.4) is 0 Å². The fourth-order valence-corrected chi connectivity index (χ4v) is 1.79. The van der Waals surface area contributed by atoms with Crippen molar-refractivity contribution in [3.63, 3.8) is 0 Å². The molecule has 86 valence electrons. The van der Waals surface area contributed by atoms with Crippen molar-refractivity contribution in [1.82, 2.24) is 14.8 Å². The predicted molar refractivity (Wildman–Crippen MR) is 60.3 cm³/mol. The molecule has 0 N–H and O–H groups in total. The topological polar surface area (TPSA) is 39.9 Å². The van der Waals surface area contributed by atoms with Crippen LogP contribution in [0.4, 0.5) is 0 Å². The van der Waals surface area contributed by atoms with E-state index in [1.54, 1.807) is 7.11 Å². The Morgan fingerprint density at radius 1 is 1.33 bits per heavy atom. The van der Waals surface area contributed by atoms with E-state index in [-0.39, 0.29) is 6.04 Å². The van der Waals surface area contributed by atoms with Gasteiger partial charge >= 0.3 is 0 Å². The molecule has 0 fully saturated rings. The SMILES string of the molecule is COCCC(C)n1c(Cl)nnc1C(C)C. The number of nitrogens with zero attached hydrogens (tertiary/aromatic N) is 3. The van der Waals surface area contributed by atoms with E-state index in [0.717, 1.165) is 12.2 Å². The van der Waals surface area contributed by atoms with Crippen LogP contribution in [0.1, 0.15) is 45.0 Å². The third-order valence-corrected chi connectivity index (χ3v) is 2.64. The van der Waals surface area contributed by atoms with Crippen LogP contribution < -0.4 is 0 Å². The van der Waals surface area contributed by atoms with Crippen LogP contribution in [0.2, 0.25) is 5.28 Å². The van der Waals surface area contributed by atoms with Gasteiger partial charge in [0.05, 0.1) is 0 Å². The molecule has 1 rings (SSSR count). The minimum atomic E-state index is 0.268. The fraction of sp³-hybridized carbons (Fsp3) is 0.800. The highest BCUT2D eigenvalue weighted by Crippen LogP contribution is 2.23. The Morgan fingerprint density at radius 3 is 2.53 bits per heavy atom. The molecule has 0 amide bonds. The third kappa shape index (κ3) is 2.92. The summed E-state index contributed by atoms with van der Waals surface area (Å²) >= 11 is 6.01. The van der Waals surface area contributed by atoms with E-state index < -0.39 is 0 Å². The van der Waals surface area contributed by atoms with E-state index in [2.05, 4.69) is 31.0 Å². The number of ether oxygens (including phenoxy) is 1. The average Bonchev–Trinajstić information content (AvgIpc) is 2.56. The summed E-state index contributed by atoms with van der Waals surface area (Å²) < 4.78 is 7.03. The zero-order valence-corrected chi connectivity index (χ0v) is 10.5. The number of rotatable bonds is 5. The zero-order valence-electron chi connectivity index (χ0n) is 9.70. The summed E-state index contributed by atoms with van der Waals surface area (Å²) in [5.41, 5.74) is 0. The highest BCUT2D eigenvalue weighted by atomic mass is 35.5. The first-order chi connectivity index (χ1) is 7.07. The van der Waals surface area contributed by atoms with Gasteiger partial charge in [-0.1, -0.05) is 13.8 Å². The van der Waals surface area contributed by atoms with Crippen LogP contribution in [0.15, 0.2) is 0 Å². The first kappa shape index (κ1) is 12.5. The maximum absolute atomic E-state index is 6.01. The van der Waals surface area contributed by atoms with Crippen molar-refractivity contribution in [3.05, 3.63) is 11.1 Å². The van der Waals surface area contributed by atoms with Gasteiger partial charge in [0.15, 0.2) is 0 Å². The maximum Gasteiger partial charge on any atom is 0.225 e. The number of methoxy groups -OCH3 is 1. The minimum Gasteiger partial charge on any atom is -0.385 e. The molecule has 4 nitrogen and oxygen atoms in total. The molecular formula is C10H18ClN3O. The lowest BCUT2D eigenvalue weighted by Gasteiger charge is -2.17. The number of hydrogen-bond acceptors (Lipinski definition) is 3. The average molecular weight is 232 g/mol. The molecule has 0 aliphatic rings. The van der Waals surface area contributed by atoms with Crippen LogP contribution in [-0.2, 0) is 4.74 Å². The standard InChI is InChI=1S/C10H18ClN3O/c1-7(2)9-12-13-10(11)14(9)8(3)5-6-15-4/h7-8H,5-6H2,1-4H3. The molecule has 0 aliphatic carbocycles. The summed E-state index contributed by atoms with van der Waals surface area (Å²) in [6, 6.07) is 0.268. The summed E-state index contributed by atoms with van der Waals surface area (Å²) in [5, 5.41) is 8.45. The Hall–Kier alpha value is -0.610. The normalized spacial score (nSPS) is 13.5. The molecule has 15 heavy (non-hydrogen) atoms. The van der Waals surface area contributed by atoms with Crippen molar-refractivity contribution in [3.8, 4) is 0 Å². The van der Waals surface area contributed by atoms with Crippen molar-refractivity contribution in [1.29, 1.82) is 0 Å². The largest absolute Gasteiger partial charge is 0.385 e. The molecule has 1 unspecified atom stereocenters. The van der Waals surface area contributed by atoms with E-state index in [1.807, 2.05) is 4.57 Å². The molecule has 0 saturated carbocycles. The molecule has 0 aromatic carbocycles. The van der Waals surface area contributed by atoms with Gasteiger partial charge in [0.25, 0.3) is 0 Å². The van der Waals surface area contributed by atoms with Crippen molar-refractivity contribution >= 4 is 11.6 Å². The summed E-state index contributed by atoms with van der Waals surface area (Å²) in [6.07, 6.45) is 0.911. The summed E-state index contributed by atoms with van der Waals surface area (Å²) in [5.74, 6) is 1.26. The van der Waals surface area contributed by atoms with Gasteiger partial charge in [-0.15, -0.1) is 10.2 Å².